The van der Waals surface area contributed by atoms with Crippen LogP contribution < -0.4 is 0 Å². The number of aromatic amines is 1. The molecule has 2 aromatic heterocycles. The molecule has 1 aromatic carbocycles. The average Bonchev–Trinajstić information content (AvgIpc) is 3.26. The van der Waals surface area contributed by atoms with Gasteiger partial charge in [-0.1, -0.05) is 12.1 Å². The van der Waals surface area contributed by atoms with Crippen LogP contribution in [-0.2, 0) is 0 Å². The highest BCUT2D eigenvalue weighted by molar-refractivity contribution is 5.95. The zero-order valence-electron chi connectivity index (χ0n) is 14.0. The molecule has 0 spiro atoms. The molecule has 1 aliphatic heterocycles. The molecule has 2 atom stereocenters. The van der Waals surface area contributed by atoms with Gasteiger partial charge in [-0.2, -0.15) is 10.4 Å². The van der Waals surface area contributed by atoms with E-state index in [1.165, 1.54) is 0 Å². The van der Waals surface area contributed by atoms with E-state index in [0.717, 1.165) is 23.4 Å². The van der Waals surface area contributed by atoms with Crippen molar-refractivity contribution in [2.24, 2.45) is 10.9 Å². The van der Waals surface area contributed by atoms with E-state index in [0.29, 0.717) is 23.3 Å². The Morgan fingerprint density at radius 1 is 1.28 bits per heavy atom. The van der Waals surface area contributed by atoms with E-state index in [1.54, 1.807) is 6.20 Å². The van der Waals surface area contributed by atoms with Crippen molar-refractivity contribution in [3.63, 3.8) is 0 Å². The maximum atomic E-state index is 9.91. The van der Waals surface area contributed by atoms with Gasteiger partial charge in [0.15, 0.2) is 5.82 Å². The summed E-state index contributed by atoms with van der Waals surface area (Å²) in [5, 5.41) is 24.9. The summed E-state index contributed by atoms with van der Waals surface area (Å²) in [5.74, 6) is 0.120. The van der Waals surface area contributed by atoms with Crippen molar-refractivity contribution in [1.82, 2.24) is 25.4 Å². The summed E-state index contributed by atoms with van der Waals surface area (Å²) in [7, 11) is 4.01. The molecule has 4 rings (SSSR count). The molecule has 0 amide bonds. The van der Waals surface area contributed by atoms with Crippen LogP contribution in [0.1, 0.15) is 23.5 Å². The van der Waals surface area contributed by atoms with Gasteiger partial charge in [-0.25, -0.2) is 9.62 Å². The minimum Gasteiger partial charge on any atom is -0.309 e. The summed E-state index contributed by atoms with van der Waals surface area (Å²) >= 11 is 0. The number of hydrogen-bond donors (Lipinski definition) is 1. The summed E-state index contributed by atoms with van der Waals surface area (Å²) in [6, 6.07) is 8.16. The van der Waals surface area contributed by atoms with Crippen molar-refractivity contribution in [1.29, 1.82) is 5.26 Å². The topological polar surface area (TPSA) is 107 Å². The van der Waals surface area contributed by atoms with Crippen LogP contribution in [0.25, 0.3) is 11.0 Å². The number of rotatable bonds is 4. The third-order valence-corrected chi connectivity index (χ3v) is 4.54. The normalized spacial score (nSPS) is 19.7. The molecular weight excluding hydrogens is 318 g/mol. The maximum absolute atomic E-state index is 9.91. The van der Waals surface area contributed by atoms with E-state index in [-0.39, 0.29) is 11.8 Å². The fourth-order valence-electron chi connectivity index (χ4n) is 3.31. The summed E-state index contributed by atoms with van der Waals surface area (Å²) in [6.07, 6.45) is 2.45. The number of nitrogens with one attached hydrogen (secondary N) is 1. The molecular formula is C17H17N7O. The lowest BCUT2D eigenvalue weighted by molar-refractivity contribution is 0.315. The second-order valence-electron chi connectivity index (χ2n) is 6.39. The van der Waals surface area contributed by atoms with Crippen LogP contribution in [0.3, 0.4) is 0 Å². The fourth-order valence-corrected chi connectivity index (χ4v) is 3.31. The largest absolute Gasteiger partial charge is 0.309 e. The standard InChI is InChI=1S/C17H17N7O/c1-24(2)7-6-13-11(8-18)15(12-9-19-21-17(12)20-13)10-4-3-5-14-16(10)23-25-22-14/h3-5,9,11,15H,6-7H2,1-2H3,(H,19,21). The Balaban J connectivity index is 1.85. The molecule has 126 valence electrons. The minimum absolute atomic E-state index is 0.205. The molecule has 0 saturated carbocycles. The van der Waals surface area contributed by atoms with E-state index in [2.05, 4.69) is 36.5 Å². The third-order valence-electron chi connectivity index (χ3n) is 4.54. The van der Waals surface area contributed by atoms with Crippen molar-refractivity contribution >= 4 is 22.6 Å². The van der Waals surface area contributed by atoms with Gasteiger partial charge >= 0.3 is 0 Å². The first-order valence-electron chi connectivity index (χ1n) is 8.05. The minimum atomic E-state index is -0.382. The molecule has 0 fully saturated rings. The van der Waals surface area contributed by atoms with Gasteiger partial charge in [0.1, 0.15) is 11.0 Å². The van der Waals surface area contributed by atoms with Crippen LogP contribution in [0, 0.1) is 17.2 Å². The highest BCUT2D eigenvalue weighted by Gasteiger charge is 2.37. The second-order valence-corrected chi connectivity index (χ2v) is 6.39. The van der Waals surface area contributed by atoms with Crippen LogP contribution in [0.15, 0.2) is 34.0 Å². The predicted molar refractivity (Wildman–Crippen MR) is 91.6 cm³/mol. The van der Waals surface area contributed by atoms with Gasteiger partial charge in [0.25, 0.3) is 0 Å². The van der Waals surface area contributed by atoms with Crippen LogP contribution in [0.4, 0.5) is 5.82 Å². The van der Waals surface area contributed by atoms with Crippen LogP contribution in [0.2, 0.25) is 0 Å². The molecule has 0 bridgehead atoms. The van der Waals surface area contributed by atoms with Gasteiger partial charge < -0.3 is 4.90 Å². The van der Waals surface area contributed by atoms with Crippen LogP contribution in [0.5, 0.6) is 0 Å². The number of benzene rings is 1. The summed E-state index contributed by atoms with van der Waals surface area (Å²) in [4.78, 5) is 6.74. The van der Waals surface area contributed by atoms with E-state index >= 15 is 0 Å². The molecule has 25 heavy (non-hydrogen) atoms. The Kier molecular flexibility index (Phi) is 3.78. The number of nitrogens with zero attached hydrogens (tertiary/aromatic N) is 6. The Bertz CT molecular complexity index is 978. The Morgan fingerprint density at radius 2 is 2.16 bits per heavy atom. The molecule has 0 radical (unpaired) electrons. The number of fused-ring (bicyclic) bond motifs is 2. The van der Waals surface area contributed by atoms with Crippen molar-refractivity contribution < 1.29 is 4.63 Å². The molecule has 3 aromatic rings. The van der Waals surface area contributed by atoms with E-state index < -0.39 is 0 Å². The molecule has 8 heteroatoms. The van der Waals surface area contributed by atoms with Gasteiger partial charge in [-0.3, -0.25) is 5.10 Å². The fraction of sp³-hybridized carbons (Fsp3) is 0.353. The van der Waals surface area contributed by atoms with Crippen molar-refractivity contribution in [2.45, 2.75) is 12.3 Å². The number of H-pyrrole nitrogens is 1. The predicted octanol–water partition coefficient (Wildman–Crippen LogP) is 2.26. The zero-order chi connectivity index (χ0) is 17.4. The lowest BCUT2D eigenvalue weighted by Crippen LogP contribution is -2.28. The summed E-state index contributed by atoms with van der Waals surface area (Å²) in [5.41, 5.74) is 4.01. The molecule has 0 aliphatic carbocycles. The monoisotopic (exact) mass is 335 g/mol. The van der Waals surface area contributed by atoms with E-state index in [4.69, 9.17) is 4.63 Å². The Morgan fingerprint density at radius 3 is 2.96 bits per heavy atom. The van der Waals surface area contributed by atoms with Gasteiger partial charge in [0.2, 0.25) is 0 Å². The van der Waals surface area contributed by atoms with Gasteiger partial charge in [0.05, 0.1) is 18.2 Å². The molecule has 2 unspecified atom stereocenters. The molecule has 1 aliphatic rings. The first-order chi connectivity index (χ1) is 12.2. The van der Waals surface area contributed by atoms with Gasteiger partial charge in [-0.05, 0) is 42.5 Å². The van der Waals surface area contributed by atoms with Gasteiger partial charge in [0, 0.05) is 23.7 Å². The second kappa shape index (κ2) is 6.11. The quantitative estimate of drug-likeness (QED) is 0.783. The lowest BCUT2D eigenvalue weighted by Gasteiger charge is -2.27. The Hall–Kier alpha value is -3.05. The average molecular weight is 335 g/mol. The van der Waals surface area contributed by atoms with Gasteiger partial charge in [-0.15, -0.1) is 0 Å². The number of nitriles is 1. The van der Waals surface area contributed by atoms with Crippen LogP contribution in [-0.4, -0.2) is 51.8 Å². The highest BCUT2D eigenvalue weighted by Crippen LogP contribution is 2.43. The highest BCUT2D eigenvalue weighted by atomic mass is 16.6. The summed E-state index contributed by atoms with van der Waals surface area (Å²) in [6.45, 7) is 0.822. The Labute approximate surface area is 144 Å². The number of aromatic nitrogens is 4. The van der Waals surface area contributed by atoms with E-state index in [1.807, 2.05) is 32.3 Å². The number of aliphatic imine (C=N–C) groups is 1. The third kappa shape index (κ3) is 2.58. The first-order valence-corrected chi connectivity index (χ1v) is 8.05. The van der Waals surface area contributed by atoms with Crippen molar-refractivity contribution in [3.05, 3.63) is 35.5 Å². The molecule has 8 nitrogen and oxygen atoms in total. The van der Waals surface area contributed by atoms with E-state index in [9.17, 15) is 5.26 Å². The smallest absolute Gasteiger partial charge is 0.151 e. The zero-order valence-corrected chi connectivity index (χ0v) is 14.0. The van der Waals surface area contributed by atoms with Crippen molar-refractivity contribution in [3.8, 4) is 6.07 Å². The SMILES string of the molecule is CN(C)CCC1=Nc2[nH]ncc2C(c2cccc3nonc23)C1C#N. The molecule has 1 N–H and O–H groups in total. The van der Waals surface area contributed by atoms with Crippen molar-refractivity contribution in [2.75, 3.05) is 20.6 Å². The van der Waals surface area contributed by atoms with Crippen LogP contribution >= 0.6 is 0 Å². The first kappa shape index (κ1) is 15.5. The summed E-state index contributed by atoms with van der Waals surface area (Å²) < 4.78 is 4.90. The molecule has 0 saturated heterocycles. The maximum Gasteiger partial charge on any atom is 0.151 e. The number of hydrogen-bond acceptors (Lipinski definition) is 7. The molecule has 3 heterocycles. The lowest BCUT2D eigenvalue weighted by atomic mass is 9.77.